The van der Waals surface area contributed by atoms with Crippen molar-refractivity contribution in [2.45, 2.75) is 200 Å². The molecule has 0 radical (unpaired) electrons. The summed E-state index contributed by atoms with van der Waals surface area (Å²) in [4.78, 5) is 22.4. The van der Waals surface area contributed by atoms with Crippen LogP contribution in [0.2, 0.25) is 0 Å². The van der Waals surface area contributed by atoms with Crippen molar-refractivity contribution in [3.8, 4) is 0 Å². The van der Waals surface area contributed by atoms with Crippen LogP contribution in [0.5, 0.6) is 0 Å². The second-order valence-electron chi connectivity index (χ2n) is 13.2. The standard InChI is InChI=1S/C38H76NO7P/c1-3-5-7-9-11-13-15-17-19-21-23-25-27-29-31-38(40)46-37(36-45-47(41,42)44-34-32-39)35-43-33-30-28-26-24-22-20-18-16-14-12-10-8-6-4-2/h30,33,37H,3-29,31-32,34-36,39H2,1-2H3,(H,41,42)/b33-30+/t37-/m1/s1. The largest absolute Gasteiger partial charge is 0.498 e. The van der Waals surface area contributed by atoms with Gasteiger partial charge in [-0.3, -0.25) is 13.8 Å². The van der Waals surface area contributed by atoms with E-state index in [1.165, 1.54) is 141 Å². The fourth-order valence-corrected chi connectivity index (χ4v) is 6.37. The van der Waals surface area contributed by atoms with Gasteiger partial charge in [0.15, 0.2) is 6.10 Å². The maximum atomic E-state index is 12.5. The van der Waals surface area contributed by atoms with Gasteiger partial charge >= 0.3 is 13.8 Å². The van der Waals surface area contributed by atoms with Crippen molar-refractivity contribution in [2.75, 3.05) is 26.4 Å². The minimum Gasteiger partial charge on any atom is -0.498 e. The Morgan fingerprint density at radius 2 is 1.06 bits per heavy atom. The van der Waals surface area contributed by atoms with E-state index in [2.05, 4.69) is 13.8 Å². The van der Waals surface area contributed by atoms with Crippen LogP contribution in [0.15, 0.2) is 12.3 Å². The molecule has 0 aliphatic heterocycles. The van der Waals surface area contributed by atoms with Gasteiger partial charge < -0.3 is 20.1 Å². The topological polar surface area (TPSA) is 117 Å². The smallest absolute Gasteiger partial charge is 0.472 e. The lowest BCUT2D eigenvalue weighted by atomic mass is 10.0. The van der Waals surface area contributed by atoms with Gasteiger partial charge in [0, 0.05) is 13.0 Å². The van der Waals surface area contributed by atoms with Crippen LogP contribution in [0.3, 0.4) is 0 Å². The average Bonchev–Trinajstić information content (AvgIpc) is 3.06. The molecular weight excluding hydrogens is 613 g/mol. The first kappa shape index (κ1) is 46.1. The quantitative estimate of drug-likeness (QED) is 0.0285. The van der Waals surface area contributed by atoms with Crippen molar-refractivity contribution < 1.29 is 32.8 Å². The Bertz CT molecular complexity index is 737. The maximum absolute atomic E-state index is 12.5. The first-order valence-corrected chi connectivity index (χ1v) is 21.2. The number of nitrogens with two attached hydrogens (primary N) is 1. The first-order valence-electron chi connectivity index (χ1n) is 19.7. The van der Waals surface area contributed by atoms with Crippen LogP contribution >= 0.6 is 7.82 Å². The number of rotatable bonds is 38. The van der Waals surface area contributed by atoms with Gasteiger partial charge in [0.2, 0.25) is 0 Å². The molecule has 8 nitrogen and oxygen atoms in total. The van der Waals surface area contributed by atoms with E-state index in [0.29, 0.717) is 6.42 Å². The number of ether oxygens (including phenoxy) is 2. The van der Waals surface area contributed by atoms with Crippen LogP contribution in [-0.4, -0.2) is 43.3 Å². The molecule has 9 heteroatoms. The SMILES string of the molecule is CCCCCCCCCCCCCC/C=C/OC[C@H](COP(=O)(O)OCCN)OC(=O)CCCCCCCCCCCCCCCC. The normalized spacial score (nSPS) is 13.6. The Balaban J connectivity index is 4.10. The lowest BCUT2D eigenvalue weighted by molar-refractivity contribution is -0.153. The number of carbonyl (C=O) groups excluding carboxylic acids is 1. The van der Waals surface area contributed by atoms with Crippen LogP contribution < -0.4 is 5.73 Å². The summed E-state index contributed by atoms with van der Waals surface area (Å²) >= 11 is 0. The molecule has 0 bridgehead atoms. The van der Waals surface area contributed by atoms with Crippen molar-refractivity contribution in [1.29, 1.82) is 0 Å². The highest BCUT2D eigenvalue weighted by Crippen LogP contribution is 2.43. The molecule has 0 spiro atoms. The molecule has 2 atom stereocenters. The van der Waals surface area contributed by atoms with E-state index >= 15 is 0 Å². The van der Waals surface area contributed by atoms with E-state index in [1.54, 1.807) is 6.26 Å². The summed E-state index contributed by atoms with van der Waals surface area (Å²) < 4.78 is 33.1. The molecule has 0 aromatic heterocycles. The molecule has 0 aliphatic rings. The van der Waals surface area contributed by atoms with Gasteiger partial charge in [-0.05, 0) is 25.3 Å². The predicted octanol–water partition coefficient (Wildman–Crippen LogP) is 11.5. The molecule has 0 saturated heterocycles. The second-order valence-corrected chi connectivity index (χ2v) is 14.7. The van der Waals surface area contributed by atoms with Crippen molar-refractivity contribution in [2.24, 2.45) is 5.73 Å². The average molecular weight is 690 g/mol. The van der Waals surface area contributed by atoms with Gasteiger partial charge in [-0.25, -0.2) is 4.57 Å². The molecule has 0 aliphatic carbocycles. The highest BCUT2D eigenvalue weighted by Gasteiger charge is 2.25. The summed E-state index contributed by atoms with van der Waals surface area (Å²) in [5.41, 5.74) is 5.35. The molecule has 0 amide bonds. The summed E-state index contributed by atoms with van der Waals surface area (Å²) in [7, 11) is -4.28. The summed E-state index contributed by atoms with van der Waals surface area (Å²) in [5, 5.41) is 0. The van der Waals surface area contributed by atoms with Gasteiger partial charge in [-0.1, -0.05) is 168 Å². The highest BCUT2D eigenvalue weighted by molar-refractivity contribution is 7.47. The van der Waals surface area contributed by atoms with E-state index in [9.17, 15) is 14.3 Å². The third-order valence-corrected chi connectivity index (χ3v) is 9.51. The maximum Gasteiger partial charge on any atom is 0.472 e. The van der Waals surface area contributed by atoms with Crippen LogP contribution in [-0.2, 0) is 27.9 Å². The van der Waals surface area contributed by atoms with Crippen LogP contribution in [0.25, 0.3) is 0 Å². The molecule has 47 heavy (non-hydrogen) atoms. The summed E-state index contributed by atoms with van der Waals surface area (Å²) in [5.74, 6) is -0.350. The second kappa shape index (κ2) is 36.4. The Kier molecular flexibility index (Phi) is 35.7. The monoisotopic (exact) mass is 690 g/mol. The Labute approximate surface area is 290 Å². The fraction of sp³-hybridized carbons (Fsp3) is 0.921. The Hall–Kier alpha value is -0.920. The molecule has 0 rings (SSSR count). The van der Waals surface area contributed by atoms with E-state index in [0.717, 1.165) is 32.1 Å². The van der Waals surface area contributed by atoms with Crippen molar-refractivity contribution in [1.82, 2.24) is 0 Å². The number of hydrogen-bond acceptors (Lipinski definition) is 7. The third kappa shape index (κ3) is 36.2. The van der Waals surface area contributed by atoms with Crippen molar-refractivity contribution >= 4 is 13.8 Å². The van der Waals surface area contributed by atoms with E-state index in [1.807, 2.05) is 6.08 Å². The molecule has 1 unspecified atom stereocenters. The number of phosphoric acid groups is 1. The van der Waals surface area contributed by atoms with Gasteiger partial charge in [0.05, 0.1) is 19.5 Å². The molecule has 0 heterocycles. The van der Waals surface area contributed by atoms with Crippen LogP contribution in [0.4, 0.5) is 0 Å². The summed E-state index contributed by atoms with van der Waals surface area (Å²) in [6.45, 7) is 4.26. The lowest BCUT2D eigenvalue weighted by Crippen LogP contribution is -2.27. The number of carbonyl (C=O) groups is 1. The Morgan fingerprint density at radius 1 is 0.638 bits per heavy atom. The first-order chi connectivity index (χ1) is 22.9. The molecule has 0 fully saturated rings. The van der Waals surface area contributed by atoms with E-state index in [4.69, 9.17) is 24.3 Å². The van der Waals surface area contributed by atoms with Gasteiger partial charge in [-0.15, -0.1) is 0 Å². The number of hydrogen-bond donors (Lipinski definition) is 2. The van der Waals surface area contributed by atoms with Crippen molar-refractivity contribution in [3.05, 3.63) is 12.3 Å². The molecule has 0 aromatic rings. The van der Waals surface area contributed by atoms with Crippen LogP contribution in [0, 0.1) is 0 Å². The Morgan fingerprint density at radius 3 is 1.51 bits per heavy atom. The highest BCUT2D eigenvalue weighted by atomic mass is 31.2. The summed E-state index contributed by atoms with van der Waals surface area (Å²) in [6.07, 6.45) is 37.4. The van der Waals surface area contributed by atoms with Crippen LogP contribution in [0.1, 0.15) is 194 Å². The minimum atomic E-state index is -4.28. The lowest BCUT2D eigenvalue weighted by Gasteiger charge is -2.19. The van der Waals surface area contributed by atoms with Crippen molar-refractivity contribution in [3.63, 3.8) is 0 Å². The number of allylic oxidation sites excluding steroid dienone is 1. The minimum absolute atomic E-state index is 0.0380. The zero-order valence-electron chi connectivity index (χ0n) is 30.8. The molecule has 3 N–H and O–H groups in total. The zero-order valence-corrected chi connectivity index (χ0v) is 31.7. The molecule has 0 saturated carbocycles. The number of unbranched alkanes of at least 4 members (excludes halogenated alkanes) is 25. The van der Waals surface area contributed by atoms with Gasteiger partial charge in [-0.2, -0.15) is 0 Å². The van der Waals surface area contributed by atoms with E-state index in [-0.39, 0.29) is 32.3 Å². The predicted molar refractivity (Wildman–Crippen MR) is 196 cm³/mol. The molecule has 0 aromatic carbocycles. The molecule has 280 valence electrons. The fourth-order valence-electron chi connectivity index (χ4n) is 5.61. The summed E-state index contributed by atoms with van der Waals surface area (Å²) in [6, 6.07) is 0. The third-order valence-electron chi connectivity index (χ3n) is 8.53. The zero-order chi connectivity index (χ0) is 34.5. The van der Waals surface area contributed by atoms with Gasteiger partial charge in [0.25, 0.3) is 0 Å². The number of phosphoric ester groups is 1. The number of esters is 1. The van der Waals surface area contributed by atoms with Gasteiger partial charge in [0.1, 0.15) is 6.61 Å². The van der Waals surface area contributed by atoms with E-state index < -0.39 is 13.9 Å². The molecular formula is C38H76NO7P.